The van der Waals surface area contributed by atoms with Gasteiger partial charge in [0.05, 0.1) is 5.69 Å². The number of anilines is 1. The van der Waals surface area contributed by atoms with Crippen molar-refractivity contribution in [1.82, 2.24) is 9.97 Å². The number of benzene rings is 1. The molecule has 25 heavy (non-hydrogen) atoms. The van der Waals surface area contributed by atoms with E-state index < -0.39 is 5.54 Å². The summed E-state index contributed by atoms with van der Waals surface area (Å²) < 4.78 is 0. The Bertz CT molecular complexity index is 967. The monoisotopic (exact) mass is 334 g/mol. The van der Waals surface area contributed by atoms with Gasteiger partial charge in [-0.1, -0.05) is 17.3 Å². The summed E-state index contributed by atoms with van der Waals surface area (Å²) in [5.41, 5.74) is 2.82. The number of carbonyl (C=O) groups is 1. The number of nitroso groups, excluding NO2 is 1. The van der Waals surface area contributed by atoms with Crippen molar-refractivity contribution in [3.63, 3.8) is 0 Å². The van der Waals surface area contributed by atoms with Crippen LogP contribution in [-0.2, 0) is 10.3 Å². The number of fused-ring (bicyclic) bond motifs is 1. The molecule has 0 radical (unpaired) electrons. The zero-order valence-electron chi connectivity index (χ0n) is 14.3. The summed E-state index contributed by atoms with van der Waals surface area (Å²) in [5, 5.41) is 7.64. The lowest BCUT2D eigenvalue weighted by molar-refractivity contribution is -0.105. The van der Waals surface area contributed by atoms with Gasteiger partial charge in [0.2, 0.25) is 6.41 Å². The van der Waals surface area contributed by atoms with Crippen LogP contribution in [0, 0.1) is 11.8 Å². The molecule has 6 nitrogen and oxygen atoms in total. The van der Waals surface area contributed by atoms with Crippen LogP contribution >= 0.6 is 0 Å². The first-order valence-corrected chi connectivity index (χ1v) is 7.86. The van der Waals surface area contributed by atoms with Crippen LogP contribution in [-0.4, -0.2) is 16.4 Å². The topological polar surface area (TPSA) is 84.3 Å². The van der Waals surface area contributed by atoms with Crippen molar-refractivity contribution < 1.29 is 4.79 Å². The Morgan fingerprint density at radius 3 is 2.56 bits per heavy atom. The molecule has 0 saturated heterocycles. The molecule has 3 aromatic rings. The molecule has 6 heteroatoms. The lowest BCUT2D eigenvalue weighted by Gasteiger charge is -2.16. The molecule has 2 aromatic heterocycles. The van der Waals surface area contributed by atoms with Gasteiger partial charge < -0.3 is 5.32 Å². The van der Waals surface area contributed by atoms with Crippen LogP contribution in [0.4, 0.5) is 5.82 Å². The van der Waals surface area contributed by atoms with Crippen molar-refractivity contribution in [2.45, 2.75) is 26.3 Å². The van der Waals surface area contributed by atoms with Crippen molar-refractivity contribution in [3.05, 3.63) is 58.9 Å². The fraction of sp³-hybridized carbons (Fsp3) is 0.211. The van der Waals surface area contributed by atoms with E-state index in [4.69, 9.17) is 0 Å². The second kappa shape index (κ2) is 6.39. The second-order valence-corrected chi connectivity index (χ2v) is 6.43. The standard InChI is InChI=1S/C19H18N4O2/c1-12-6-17(19(2,3)23-25)20-10-16(12)14-5-4-13-8-18(22-11-24)21-9-15(13)7-14/h4-11H,1-3H3,(H,21,22,24). The normalized spacial score (nSPS) is 11.3. The number of hydrogen-bond donors (Lipinski definition) is 1. The maximum absolute atomic E-state index is 11.0. The maximum Gasteiger partial charge on any atom is 0.212 e. The molecule has 0 aliphatic carbocycles. The molecule has 1 amide bonds. The number of aryl methyl sites for hydroxylation is 1. The first kappa shape index (κ1) is 16.7. The average molecular weight is 334 g/mol. The molecule has 0 spiro atoms. The van der Waals surface area contributed by atoms with Crippen LogP contribution in [0.2, 0.25) is 0 Å². The fourth-order valence-corrected chi connectivity index (χ4v) is 2.69. The minimum atomic E-state index is -0.849. The summed E-state index contributed by atoms with van der Waals surface area (Å²) in [7, 11) is 0. The number of carbonyl (C=O) groups excluding carboxylic acids is 1. The van der Waals surface area contributed by atoms with Crippen molar-refractivity contribution in [3.8, 4) is 11.1 Å². The Hall–Kier alpha value is -3.15. The van der Waals surface area contributed by atoms with E-state index in [1.165, 1.54) is 0 Å². The third-order valence-electron chi connectivity index (χ3n) is 4.21. The predicted octanol–water partition coefficient (Wildman–Crippen LogP) is 4.18. The Morgan fingerprint density at radius 1 is 1.08 bits per heavy atom. The van der Waals surface area contributed by atoms with Crippen LogP contribution in [0.5, 0.6) is 0 Å². The van der Waals surface area contributed by atoms with E-state index in [1.54, 1.807) is 26.2 Å². The molecule has 0 aliphatic heterocycles. The molecule has 0 bridgehead atoms. The van der Waals surface area contributed by atoms with E-state index in [-0.39, 0.29) is 0 Å². The summed E-state index contributed by atoms with van der Waals surface area (Å²) in [6.07, 6.45) is 4.10. The quantitative estimate of drug-likeness (QED) is 0.560. The number of pyridine rings is 2. The Labute approximate surface area is 145 Å². The van der Waals surface area contributed by atoms with Crippen molar-refractivity contribution >= 4 is 23.0 Å². The maximum atomic E-state index is 11.0. The molecule has 1 aromatic carbocycles. The number of rotatable bonds is 5. The first-order chi connectivity index (χ1) is 11.9. The Kier molecular flexibility index (Phi) is 4.27. The van der Waals surface area contributed by atoms with E-state index >= 15 is 0 Å². The van der Waals surface area contributed by atoms with Gasteiger partial charge in [-0.05, 0) is 55.5 Å². The van der Waals surface area contributed by atoms with Gasteiger partial charge in [-0.2, -0.15) is 0 Å². The average Bonchev–Trinajstić information content (AvgIpc) is 2.61. The van der Waals surface area contributed by atoms with E-state index in [0.717, 1.165) is 27.5 Å². The summed E-state index contributed by atoms with van der Waals surface area (Å²) >= 11 is 0. The molecule has 0 unspecified atom stereocenters. The van der Waals surface area contributed by atoms with E-state index in [2.05, 4.69) is 20.5 Å². The molecule has 0 atom stereocenters. The van der Waals surface area contributed by atoms with E-state index in [1.807, 2.05) is 37.3 Å². The molecule has 2 heterocycles. The minimum absolute atomic E-state index is 0.515. The van der Waals surface area contributed by atoms with Gasteiger partial charge in [0.15, 0.2) is 0 Å². The van der Waals surface area contributed by atoms with Crippen molar-refractivity contribution in [1.29, 1.82) is 0 Å². The summed E-state index contributed by atoms with van der Waals surface area (Å²) in [4.78, 5) is 30.1. The van der Waals surface area contributed by atoms with E-state index in [9.17, 15) is 9.70 Å². The zero-order chi connectivity index (χ0) is 18.0. The number of nitrogens with one attached hydrogen (secondary N) is 1. The lowest BCUT2D eigenvalue weighted by atomic mass is 9.95. The highest BCUT2D eigenvalue weighted by Gasteiger charge is 2.23. The van der Waals surface area contributed by atoms with Gasteiger partial charge in [-0.3, -0.25) is 9.78 Å². The van der Waals surface area contributed by atoms with Gasteiger partial charge in [0.1, 0.15) is 11.4 Å². The Morgan fingerprint density at radius 2 is 1.88 bits per heavy atom. The smallest absolute Gasteiger partial charge is 0.212 e. The molecule has 1 N–H and O–H groups in total. The zero-order valence-corrected chi connectivity index (χ0v) is 14.3. The highest BCUT2D eigenvalue weighted by atomic mass is 16.3. The highest BCUT2D eigenvalue weighted by molar-refractivity contribution is 5.89. The van der Waals surface area contributed by atoms with Crippen molar-refractivity contribution in [2.75, 3.05) is 5.32 Å². The highest BCUT2D eigenvalue weighted by Crippen LogP contribution is 2.30. The number of hydrogen-bond acceptors (Lipinski definition) is 5. The van der Waals surface area contributed by atoms with Crippen LogP contribution in [0.15, 0.2) is 47.9 Å². The number of aromatic nitrogens is 2. The summed E-state index contributed by atoms with van der Waals surface area (Å²) in [5.74, 6) is 0.515. The second-order valence-electron chi connectivity index (χ2n) is 6.43. The van der Waals surface area contributed by atoms with Gasteiger partial charge >= 0.3 is 0 Å². The lowest BCUT2D eigenvalue weighted by Crippen LogP contribution is -2.15. The molecule has 0 saturated carbocycles. The van der Waals surface area contributed by atoms with Crippen LogP contribution in [0.25, 0.3) is 21.9 Å². The molecular weight excluding hydrogens is 316 g/mol. The molecule has 0 fully saturated rings. The van der Waals surface area contributed by atoms with Crippen molar-refractivity contribution in [2.24, 2.45) is 5.18 Å². The predicted molar refractivity (Wildman–Crippen MR) is 98.2 cm³/mol. The third-order valence-corrected chi connectivity index (χ3v) is 4.21. The largest absolute Gasteiger partial charge is 0.313 e. The van der Waals surface area contributed by atoms with Gasteiger partial charge in [0.25, 0.3) is 0 Å². The van der Waals surface area contributed by atoms with Crippen LogP contribution in [0.3, 0.4) is 0 Å². The van der Waals surface area contributed by atoms with Crippen LogP contribution in [0.1, 0.15) is 25.1 Å². The molecular formula is C19H18N4O2. The molecule has 3 rings (SSSR count). The number of nitrogens with zero attached hydrogens (tertiary/aromatic N) is 3. The van der Waals surface area contributed by atoms with Gasteiger partial charge in [0, 0.05) is 23.3 Å². The summed E-state index contributed by atoms with van der Waals surface area (Å²) in [6, 6.07) is 9.72. The summed E-state index contributed by atoms with van der Waals surface area (Å²) in [6.45, 7) is 5.48. The Balaban J connectivity index is 2.03. The first-order valence-electron chi connectivity index (χ1n) is 7.86. The van der Waals surface area contributed by atoms with Gasteiger partial charge in [-0.25, -0.2) is 4.98 Å². The molecule has 126 valence electrons. The van der Waals surface area contributed by atoms with Gasteiger partial charge in [-0.15, -0.1) is 4.91 Å². The number of amides is 1. The van der Waals surface area contributed by atoms with Crippen LogP contribution < -0.4 is 5.32 Å². The van der Waals surface area contributed by atoms with E-state index in [0.29, 0.717) is 17.9 Å². The SMILES string of the molecule is Cc1cc(C(C)(C)N=O)ncc1-c1ccc2cc(NC=O)ncc2c1. The third kappa shape index (κ3) is 3.24. The minimum Gasteiger partial charge on any atom is -0.313 e. The fourth-order valence-electron chi connectivity index (χ4n) is 2.69. The molecule has 0 aliphatic rings.